The van der Waals surface area contributed by atoms with Crippen molar-refractivity contribution in [3.8, 4) is 0 Å². The number of carbonyl (C=O) groups is 2. The molecule has 2 aliphatic heterocycles. The van der Waals surface area contributed by atoms with E-state index >= 15 is 0 Å². The van der Waals surface area contributed by atoms with Crippen molar-refractivity contribution in [1.29, 1.82) is 0 Å². The molecule has 2 rings (SSSR count). The first kappa shape index (κ1) is 15.3. The van der Waals surface area contributed by atoms with Gasteiger partial charge in [-0.25, -0.2) is 0 Å². The van der Waals surface area contributed by atoms with Crippen LogP contribution in [0.1, 0.15) is 32.1 Å². The van der Waals surface area contributed by atoms with Gasteiger partial charge in [0.15, 0.2) is 0 Å². The fourth-order valence-electron chi connectivity index (χ4n) is 3.24. The van der Waals surface area contributed by atoms with Gasteiger partial charge in [0.05, 0.1) is 12.5 Å². The molecule has 6 heteroatoms. The number of piperidine rings is 1. The van der Waals surface area contributed by atoms with Gasteiger partial charge in [-0.1, -0.05) is 6.42 Å². The highest BCUT2D eigenvalue weighted by molar-refractivity contribution is 5.86. The van der Waals surface area contributed by atoms with E-state index in [9.17, 15) is 9.59 Å². The van der Waals surface area contributed by atoms with Crippen LogP contribution in [0.25, 0.3) is 0 Å². The molecule has 2 unspecified atom stereocenters. The van der Waals surface area contributed by atoms with Gasteiger partial charge in [-0.15, -0.1) is 0 Å². The predicted octanol–water partition coefficient (Wildman–Crippen LogP) is 0.136. The fraction of sp³-hybridized carbons (Fsp3) is 0.857. The molecular formula is C14H25N3O3. The molecule has 2 fully saturated rings. The molecule has 6 nitrogen and oxygen atoms in total. The Morgan fingerprint density at radius 3 is 2.90 bits per heavy atom. The van der Waals surface area contributed by atoms with Gasteiger partial charge < -0.3 is 15.3 Å². The first-order chi connectivity index (χ1) is 9.58. The van der Waals surface area contributed by atoms with E-state index in [1.807, 2.05) is 4.90 Å². The summed E-state index contributed by atoms with van der Waals surface area (Å²) in [5, 5.41) is 11.7. The normalized spacial score (nSPS) is 29.1. The lowest BCUT2D eigenvalue weighted by Crippen LogP contribution is -2.56. The average molecular weight is 283 g/mol. The van der Waals surface area contributed by atoms with Crippen LogP contribution in [0.3, 0.4) is 0 Å². The summed E-state index contributed by atoms with van der Waals surface area (Å²) in [6.07, 6.45) is 4.65. The van der Waals surface area contributed by atoms with Gasteiger partial charge >= 0.3 is 5.97 Å². The minimum Gasteiger partial charge on any atom is -0.481 e. The van der Waals surface area contributed by atoms with Crippen LogP contribution in [0.4, 0.5) is 0 Å². The zero-order valence-electron chi connectivity index (χ0n) is 12.2. The number of nitrogens with one attached hydrogen (secondary N) is 1. The number of rotatable bonds is 5. The Bertz CT molecular complexity index is 362. The minimum atomic E-state index is -0.910. The second-order valence-corrected chi connectivity index (χ2v) is 5.86. The molecule has 0 spiro atoms. The molecule has 2 N–H and O–H groups in total. The Balaban J connectivity index is 1.88. The van der Waals surface area contributed by atoms with E-state index in [0.29, 0.717) is 12.6 Å². The van der Waals surface area contributed by atoms with E-state index in [2.05, 4.69) is 17.3 Å². The zero-order valence-corrected chi connectivity index (χ0v) is 12.2. The van der Waals surface area contributed by atoms with Crippen molar-refractivity contribution in [3.63, 3.8) is 0 Å². The molecule has 0 aromatic heterocycles. The van der Waals surface area contributed by atoms with Crippen LogP contribution in [0.15, 0.2) is 0 Å². The van der Waals surface area contributed by atoms with Gasteiger partial charge in [0.1, 0.15) is 0 Å². The highest BCUT2D eigenvalue weighted by Gasteiger charge is 2.32. The van der Waals surface area contributed by atoms with Gasteiger partial charge in [-0.2, -0.15) is 0 Å². The first-order valence-electron chi connectivity index (χ1n) is 7.51. The van der Waals surface area contributed by atoms with Crippen molar-refractivity contribution in [1.82, 2.24) is 15.1 Å². The number of hydrogen-bond acceptors (Lipinski definition) is 4. The van der Waals surface area contributed by atoms with Crippen LogP contribution in [-0.4, -0.2) is 72.1 Å². The molecule has 2 aliphatic rings. The van der Waals surface area contributed by atoms with Crippen molar-refractivity contribution < 1.29 is 14.7 Å². The molecule has 0 bridgehead atoms. The average Bonchev–Trinajstić information content (AvgIpc) is 2.41. The molecule has 0 aromatic carbocycles. The number of hydrogen-bond donors (Lipinski definition) is 2. The topological polar surface area (TPSA) is 72.9 Å². The summed E-state index contributed by atoms with van der Waals surface area (Å²) in [7, 11) is 2.15. The van der Waals surface area contributed by atoms with Crippen LogP contribution in [0.2, 0.25) is 0 Å². The quantitative estimate of drug-likeness (QED) is 0.750. The molecule has 2 heterocycles. The van der Waals surface area contributed by atoms with Crippen LogP contribution >= 0.6 is 0 Å². The summed E-state index contributed by atoms with van der Waals surface area (Å²) < 4.78 is 0. The molecule has 2 saturated heterocycles. The van der Waals surface area contributed by atoms with Crippen molar-refractivity contribution in [2.45, 2.75) is 44.2 Å². The van der Waals surface area contributed by atoms with Gasteiger partial charge in [-0.05, 0) is 32.9 Å². The Morgan fingerprint density at radius 2 is 2.20 bits per heavy atom. The molecule has 1 amide bonds. The number of amides is 1. The van der Waals surface area contributed by atoms with E-state index < -0.39 is 12.0 Å². The number of nitrogens with zero attached hydrogens (tertiary/aromatic N) is 2. The maximum absolute atomic E-state index is 11.8. The van der Waals surface area contributed by atoms with Crippen molar-refractivity contribution in [2.75, 3.05) is 33.2 Å². The summed E-state index contributed by atoms with van der Waals surface area (Å²) in [4.78, 5) is 27.2. The molecule has 20 heavy (non-hydrogen) atoms. The largest absolute Gasteiger partial charge is 0.481 e. The second-order valence-electron chi connectivity index (χ2n) is 5.86. The molecule has 0 saturated carbocycles. The molecule has 114 valence electrons. The Morgan fingerprint density at radius 1 is 1.40 bits per heavy atom. The van der Waals surface area contributed by atoms with Crippen molar-refractivity contribution >= 4 is 11.9 Å². The lowest BCUT2D eigenvalue weighted by molar-refractivity contribution is -0.143. The van der Waals surface area contributed by atoms with Gasteiger partial charge in [-0.3, -0.25) is 14.5 Å². The Kier molecular flexibility index (Phi) is 5.37. The summed E-state index contributed by atoms with van der Waals surface area (Å²) >= 11 is 0. The third-order valence-corrected chi connectivity index (χ3v) is 4.48. The Hall–Kier alpha value is -1.14. The highest BCUT2D eigenvalue weighted by atomic mass is 16.4. The summed E-state index contributed by atoms with van der Waals surface area (Å²) in [5.41, 5.74) is 0. The van der Waals surface area contributed by atoms with Crippen molar-refractivity contribution in [3.05, 3.63) is 0 Å². The van der Waals surface area contributed by atoms with Gasteiger partial charge in [0.25, 0.3) is 0 Å². The molecule has 0 aliphatic carbocycles. The number of aliphatic carboxylic acids is 1. The van der Waals surface area contributed by atoms with Crippen LogP contribution in [-0.2, 0) is 9.59 Å². The lowest BCUT2D eigenvalue weighted by Gasteiger charge is -2.37. The number of likely N-dealkylation sites (tertiary alicyclic amines) is 1. The SMILES string of the molecule is CN1CCCCC1CCN1CCNC(=O)C1CC(=O)O. The third kappa shape index (κ3) is 3.93. The summed E-state index contributed by atoms with van der Waals surface area (Å²) in [6, 6.07) is 0.0642. The standard InChI is InChI=1S/C14H25N3O3/c1-16-7-3-2-4-11(16)5-8-17-9-6-15-14(20)12(17)10-13(18)19/h11-12H,2-10H2,1H3,(H,15,20)(H,18,19). The minimum absolute atomic E-state index is 0.105. The Labute approximate surface area is 120 Å². The maximum Gasteiger partial charge on any atom is 0.305 e. The molecule has 2 atom stereocenters. The van der Waals surface area contributed by atoms with E-state index in [0.717, 1.165) is 26.1 Å². The van der Waals surface area contributed by atoms with Crippen molar-refractivity contribution in [2.24, 2.45) is 0 Å². The van der Waals surface area contributed by atoms with E-state index in [1.54, 1.807) is 0 Å². The second kappa shape index (κ2) is 7.04. The summed E-state index contributed by atoms with van der Waals surface area (Å²) in [6.45, 7) is 3.32. The van der Waals surface area contributed by atoms with E-state index in [-0.39, 0.29) is 12.3 Å². The van der Waals surface area contributed by atoms with Crippen LogP contribution < -0.4 is 5.32 Å². The molecule has 0 aromatic rings. The first-order valence-corrected chi connectivity index (χ1v) is 7.51. The predicted molar refractivity (Wildman–Crippen MR) is 75.5 cm³/mol. The highest BCUT2D eigenvalue weighted by Crippen LogP contribution is 2.19. The monoisotopic (exact) mass is 283 g/mol. The third-order valence-electron chi connectivity index (χ3n) is 4.48. The molecular weight excluding hydrogens is 258 g/mol. The lowest BCUT2D eigenvalue weighted by atomic mass is 9.99. The number of carboxylic acids is 1. The summed E-state index contributed by atoms with van der Waals surface area (Å²) in [5.74, 6) is -1.05. The smallest absolute Gasteiger partial charge is 0.305 e. The van der Waals surface area contributed by atoms with E-state index in [1.165, 1.54) is 19.3 Å². The fourth-order valence-corrected chi connectivity index (χ4v) is 3.24. The van der Waals surface area contributed by atoms with Gasteiger partial charge in [0, 0.05) is 25.7 Å². The number of carboxylic acid groups (broad SMARTS) is 1. The maximum atomic E-state index is 11.8. The van der Waals surface area contributed by atoms with Crippen LogP contribution in [0, 0.1) is 0 Å². The molecule has 0 radical (unpaired) electrons. The number of carbonyl (C=O) groups excluding carboxylic acids is 1. The zero-order chi connectivity index (χ0) is 14.5. The number of piperazine rings is 1. The van der Waals surface area contributed by atoms with Gasteiger partial charge in [0.2, 0.25) is 5.91 Å². The van der Waals surface area contributed by atoms with Crippen LogP contribution in [0.5, 0.6) is 0 Å². The van der Waals surface area contributed by atoms with E-state index in [4.69, 9.17) is 5.11 Å².